The molecule has 0 aromatic carbocycles. The number of nitrogens with zero attached hydrogens (tertiary/aromatic N) is 2. The van der Waals surface area contributed by atoms with E-state index in [1.807, 2.05) is 37.9 Å². The second-order valence-corrected chi connectivity index (χ2v) is 3.31. The van der Waals surface area contributed by atoms with Crippen molar-refractivity contribution in [2.75, 3.05) is 13.6 Å². The number of nitrogens with two attached hydrogens (primary N) is 1. The van der Waals surface area contributed by atoms with E-state index in [2.05, 4.69) is 10.4 Å². The summed E-state index contributed by atoms with van der Waals surface area (Å²) in [6, 6.07) is 3.89. The first-order chi connectivity index (χ1) is 7.17. The predicted octanol–water partition coefficient (Wildman–Crippen LogP) is 0.859. The minimum Gasteiger partial charge on any atom is -0.464 e. The molecule has 0 unspecified atom stereocenters. The van der Waals surface area contributed by atoms with Crippen LogP contribution in [0.15, 0.2) is 21.5 Å². The predicted molar refractivity (Wildman–Crippen MR) is 60.2 cm³/mol. The van der Waals surface area contributed by atoms with Crippen molar-refractivity contribution in [3.63, 3.8) is 0 Å². The molecule has 5 nitrogen and oxygen atoms in total. The van der Waals surface area contributed by atoms with Crippen molar-refractivity contribution >= 4 is 5.96 Å². The van der Waals surface area contributed by atoms with Crippen LogP contribution >= 0.6 is 0 Å². The fourth-order valence-electron chi connectivity index (χ4n) is 1.31. The maximum atomic E-state index is 5.46. The summed E-state index contributed by atoms with van der Waals surface area (Å²) in [7, 11) is 1.91. The van der Waals surface area contributed by atoms with Crippen LogP contribution in [0.1, 0.15) is 18.4 Å². The Morgan fingerprint density at radius 2 is 2.33 bits per heavy atom. The van der Waals surface area contributed by atoms with Gasteiger partial charge in [-0.25, -0.2) is 5.84 Å². The monoisotopic (exact) mass is 210 g/mol. The van der Waals surface area contributed by atoms with Crippen molar-refractivity contribution in [2.24, 2.45) is 10.8 Å². The van der Waals surface area contributed by atoms with E-state index in [1.165, 1.54) is 0 Å². The van der Waals surface area contributed by atoms with Crippen molar-refractivity contribution in [1.29, 1.82) is 0 Å². The van der Waals surface area contributed by atoms with Crippen LogP contribution < -0.4 is 11.3 Å². The summed E-state index contributed by atoms with van der Waals surface area (Å²) in [4.78, 5) is 6.11. The molecule has 5 heteroatoms. The van der Waals surface area contributed by atoms with Gasteiger partial charge in [0.2, 0.25) is 5.96 Å². The lowest BCUT2D eigenvalue weighted by molar-refractivity contribution is 0.391. The molecule has 0 aliphatic carbocycles. The molecule has 1 aromatic rings. The van der Waals surface area contributed by atoms with E-state index in [-0.39, 0.29) is 0 Å². The van der Waals surface area contributed by atoms with E-state index in [1.54, 1.807) is 0 Å². The molecule has 0 saturated heterocycles. The quantitative estimate of drug-likeness (QED) is 0.336. The largest absolute Gasteiger partial charge is 0.464 e. The van der Waals surface area contributed by atoms with Crippen molar-refractivity contribution in [1.82, 2.24) is 10.3 Å². The third kappa shape index (κ3) is 3.28. The van der Waals surface area contributed by atoms with E-state index < -0.39 is 0 Å². The Bertz CT molecular complexity index is 332. The molecule has 1 heterocycles. The number of hydrogen-bond donors (Lipinski definition) is 2. The summed E-state index contributed by atoms with van der Waals surface area (Å²) >= 11 is 0. The van der Waals surface area contributed by atoms with Gasteiger partial charge in [-0.15, -0.1) is 0 Å². The standard InChI is InChI=1S/C10H18N4O/c1-4-12-10(13-11)14(3)7-9-6-5-8(2)15-9/h5-6H,4,7,11H2,1-3H3,(H,12,13). The molecule has 0 fully saturated rings. The first kappa shape index (κ1) is 11.6. The van der Waals surface area contributed by atoms with E-state index in [0.717, 1.165) is 11.5 Å². The maximum Gasteiger partial charge on any atom is 0.208 e. The van der Waals surface area contributed by atoms with Gasteiger partial charge < -0.3 is 9.32 Å². The van der Waals surface area contributed by atoms with Crippen LogP contribution in [0.3, 0.4) is 0 Å². The molecular weight excluding hydrogens is 192 g/mol. The molecule has 84 valence electrons. The summed E-state index contributed by atoms with van der Waals surface area (Å²) in [6.45, 7) is 5.23. The van der Waals surface area contributed by atoms with Gasteiger partial charge in [0.25, 0.3) is 0 Å². The molecule has 0 aliphatic heterocycles. The number of nitrogens with one attached hydrogen (secondary N) is 1. The zero-order valence-electron chi connectivity index (χ0n) is 9.45. The molecule has 1 rings (SSSR count). The molecule has 0 atom stereocenters. The number of furan rings is 1. The Kier molecular flexibility index (Phi) is 4.17. The SMILES string of the molecule is CCN=C(NN)N(C)Cc1ccc(C)o1. The van der Waals surface area contributed by atoms with Crippen LogP contribution in [-0.4, -0.2) is 24.5 Å². The fourth-order valence-corrected chi connectivity index (χ4v) is 1.31. The topological polar surface area (TPSA) is 66.8 Å². The molecule has 0 saturated carbocycles. The zero-order chi connectivity index (χ0) is 11.3. The Morgan fingerprint density at radius 3 is 2.80 bits per heavy atom. The van der Waals surface area contributed by atoms with Gasteiger partial charge in [-0.3, -0.25) is 10.4 Å². The fraction of sp³-hybridized carbons (Fsp3) is 0.500. The molecule has 0 bridgehead atoms. The molecule has 0 radical (unpaired) electrons. The van der Waals surface area contributed by atoms with Crippen molar-refractivity contribution < 1.29 is 4.42 Å². The summed E-state index contributed by atoms with van der Waals surface area (Å²) in [5, 5.41) is 0. The second-order valence-electron chi connectivity index (χ2n) is 3.31. The third-order valence-electron chi connectivity index (χ3n) is 1.99. The van der Waals surface area contributed by atoms with Gasteiger partial charge in [0.05, 0.1) is 6.54 Å². The summed E-state index contributed by atoms with van der Waals surface area (Å²) < 4.78 is 5.46. The highest BCUT2D eigenvalue weighted by Crippen LogP contribution is 2.08. The Labute approximate surface area is 89.9 Å². The number of aliphatic imine (C=N–C) groups is 1. The Morgan fingerprint density at radius 1 is 1.60 bits per heavy atom. The number of aryl methyl sites for hydroxylation is 1. The van der Waals surface area contributed by atoms with Gasteiger partial charge in [-0.2, -0.15) is 0 Å². The Hall–Kier alpha value is -1.49. The third-order valence-corrected chi connectivity index (χ3v) is 1.99. The van der Waals surface area contributed by atoms with E-state index in [9.17, 15) is 0 Å². The average molecular weight is 210 g/mol. The van der Waals surface area contributed by atoms with Gasteiger partial charge >= 0.3 is 0 Å². The number of hydrazine groups is 1. The zero-order valence-corrected chi connectivity index (χ0v) is 9.45. The van der Waals surface area contributed by atoms with Gasteiger partial charge in [-0.1, -0.05) is 0 Å². The first-order valence-electron chi connectivity index (χ1n) is 4.95. The first-order valence-corrected chi connectivity index (χ1v) is 4.95. The average Bonchev–Trinajstić information content (AvgIpc) is 2.60. The smallest absolute Gasteiger partial charge is 0.208 e. The van der Waals surface area contributed by atoms with Crippen molar-refractivity contribution in [2.45, 2.75) is 20.4 Å². The molecule has 0 amide bonds. The van der Waals surface area contributed by atoms with Crippen LogP contribution in [0.4, 0.5) is 0 Å². The van der Waals surface area contributed by atoms with Crippen molar-refractivity contribution in [3.05, 3.63) is 23.7 Å². The lowest BCUT2D eigenvalue weighted by atomic mass is 10.4. The highest BCUT2D eigenvalue weighted by atomic mass is 16.3. The molecule has 0 aliphatic rings. The van der Waals surface area contributed by atoms with Crippen LogP contribution in [0.25, 0.3) is 0 Å². The number of guanidine groups is 1. The van der Waals surface area contributed by atoms with E-state index in [0.29, 0.717) is 19.0 Å². The van der Waals surface area contributed by atoms with Crippen LogP contribution in [-0.2, 0) is 6.54 Å². The second kappa shape index (κ2) is 5.41. The maximum absolute atomic E-state index is 5.46. The van der Waals surface area contributed by atoms with E-state index in [4.69, 9.17) is 10.3 Å². The molecular formula is C10H18N4O. The minimum atomic E-state index is 0.650. The van der Waals surface area contributed by atoms with Gasteiger partial charge in [0.1, 0.15) is 11.5 Å². The van der Waals surface area contributed by atoms with Crippen molar-refractivity contribution in [3.8, 4) is 0 Å². The van der Waals surface area contributed by atoms with Gasteiger partial charge in [0, 0.05) is 13.6 Å². The molecule has 0 spiro atoms. The minimum absolute atomic E-state index is 0.650. The lowest BCUT2D eigenvalue weighted by Crippen LogP contribution is -2.42. The highest BCUT2D eigenvalue weighted by Gasteiger charge is 2.07. The van der Waals surface area contributed by atoms with Crippen LogP contribution in [0, 0.1) is 6.92 Å². The molecule has 15 heavy (non-hydrogen) atoms. The number of rotatable bonds is 3. The summed E-state index contributed by atoms with van der Waals surface area (Å²) in [5.74, 6) is 7.83. The molecule has 3 N–H and O–H groups in total. The normalized spacial score (nSPS) is 11.6. The molecule has 1 aromatic heterocycles. The summed E-state index contributed by atoms with van der Waals surface area (Å²) in [6.07, 6.45) is 0. The highest BCUT2D eigenvalue weighted by molar-refractivity contribution is 5.78. The van der Waals surface area contributed by atoms with E-state index >= 15 is 0 Å². The van der Waals surface area contributed by atoms with Gasteiger partial charge in [-0.05, 0) is 26.0 Å². The Balaban J connectivity index is 2.61. The number of hydrogen-bond acceptors (Lipinski definition) is 3. The van der Waals surface area contributed by atoms with Gasteiger partial charge in [0.15, 0.2) is 0 Å². The van der Waals surface area contributed by atoms with Crippen LogP contribution in [0.2, 0.25) is 0 Å². The van der Waals surface area contributed by atoms with Crippen LogP contribution in [0.5, 0.6) is 0 Å². The summed E-state index contributed by atoms with van der Waals surface area (Å²) in [5.41, 5.74) is 2.56. The lowest BCUT2D eigenvalue weighted by Gasteiger charge is -2.19.